The number of nitrogens with two attached hydrogens (primary N) is 1. The van der Waals surface area contributed by atoms with Gasteiger partial charge in [-0.2, -0.15) is 0 Å². The molecule has 3 aromatic heterocycles. The second kappa shape index (κ2) is 10.5. The lowest BCUT2D eigenvalue weighted by Crippen LogP contribution is -2.17. The summed E-state index contributed by atoms with van der Waals surface area (Å²) in [7, 11) is 1.89. The van der Waals surface area contributed by atoms with Crippen molar-refractivity contribution in [3.8, 4) is 11.4 Å². The minimum Gasteiger partial charge on any atom is -0.462 e. The molecule has 0 bridgehead atoms. The SMILES string of the molecule is CCOC(=O)c1c(NC(=O)CSc2nnc(-c3csc4c3CCC(C)C4)n2C)sc(C(N)=O)c1C. The molecule has 0 aromatic carbocycles. The predicted molar refractivity (Wildman–Crippen MR) is 138 cm³/mol. The van der Waals surface area contributed by atoms with Crippen LogP contribution in [0.2, 0.25) is 0 Å². The molecule has 1 aliphatic rings. The summed E-state index contributed by atoms with van der Waals surface area (Å²) in [4.78, 5) is 38.5. The normalized spacial score (nSPS) is 15.0. The van der Waals surface area contributed by atoms with Gasteiger partial charge in [-0.25, -0.2) is 4.79 Å². The lowest BCUT2D eigenvalue weighted by atomic mass is 9.88. The first-order valence-corrected chi connectivity index (χ1v) is 13.9. The van der Waals surface area contributed by atoms with E-state index >= 15 is 0 Å². The van der Waals surface area contributed by atoms with Crippen molar-refractivity contribution in [2.45, 2.75) is 45.2 Å². The van der Waals surface area contributed by atoms with Crippen LogP contribution >= 0.6 is 34.4 Å². The summed E-state index contributed by atoms with van der Waals surface area (Å²) in [5.74, 6) is -0.0636. The van der Waals surface area contributed by atoms with Gasteiger partial charge < -0.3 is 20.4 Å². The monoisotopic (exact) mass is 533 g/mol. The van der Waals surface area contributed by atoms with E-state index in [9.17, 15) is 14.4 Å². The van der Waals surface area contributed by atoms with Crippen molar-refractivity contribution in [3.63, 3.8) is 0 Å². The number of fused-ring (bicyclic) bond motifs is 1. The third kappa shape index (κ3) is 5.14. The maximum absolute atomic E-state index is 12.7. The fraction of sp³-hybridized carbons (Fsp3) is 0.435. The van der Waals surface area contributed by atoms with E-state index < -0.39 is 11.9 Å². The summed E-state index contributed by atoms with van der Waals surface area (Å²) in [6, 6.07) is 0. The van der Waals surface area contributed by atoms with E-state index in [4.69, 9.17) is 10.5 Å². The van der Waals surface area contributed by atoms with Crippen LogP contribution in [0.4, 0.5) is 5.00 Å². The minimum atomic E-state index is -0.662. The number of primary amides is 1. The molecule has 2 amide bonds. The molecule has 12 heteroatoms. The van der Waals surface area contributed by atoms with Crippen LogP contribution in [0.15, 0.2) is 10.5 Å². The van der Waals surface area contributed by atoms with Crippen LogP contribution in [0.25, 0.3) is 11.4 Å². The Bertz CT molecular complexity index is 1290. The molecule has 1 unspecified atom stereocenters. The highest BCUT2D eigenvalue weighted by Crippen LogP contribution is 2.38. The van der Waals surface area contributed by atoms with Crippen LogP contribution in [-0.4, -0.2) is 44.9 Å². The largest absolute Gasteiger partial charge is 0.462 e. The average molecular weight is 534 g/mol. The van der Waals surface area contributed by atoms with Gasteiger partial charge in [0.15, 0.2) is 11.0 Å². The number of hydrogen-bond acceptors (Lipinski definition) is 9. The molecule has 0 saturated heterocycles. The molecule has 0 radical (unpaired) electrons. The van der Waals surface area contributed by atoms with E-state index in [1.165, 1.54) is 28.6 Å². The maximum Gasteiger partial charge on any atom is 0.341 e. The molecule has 0 saturated carbocycles. The molecule has 186 valence electrons. The first kappa shape index (κ1) is 25.4. The van der Waals surface area contributed by atoms with Crippen molar-refractivity contribution >= 4 is 57.2 Å². The second-order valence-electron chi connectivity index (χ2n) is 8.45. The third-order valence-corrected chi connectivity index (χ3v) is 9.21. The van der Waals surface area contributed by atoms with Crippen LogP contribution in [0.3, 0.4) is 0 Å². The van der Waals surface area contributed by atoms with Crippen molar-refractivity contribution in [1.29, 1.82) is 0 Å². The Kier molecular flexibility index (Phi) is 7.62. The highest BCUT2D eigenvalue weighted by molar-refractivity contribution is 7.99. The summed E-state index contributed by atoms with van der Waals surface area (Å²) < 4.78 is 7.00. The number of thioether (sulfide) groups is 1. The number of thiophene rings is 2. The number of carbonyl (C=O) groups is 3. The van der Waals surface area contributed by atoms with Crippen molar-refractivity contribution in [2.24, 2.45) is 18.7 Å². The molecule has 4 rings (SSSR count). The predicted octanol–water partition coefficient (Wildman–Crippen LogP) is 4.04. The van der Waals surface area contributed by atoms with Crippen molar-refractivity contribution in [1.82, 2.24) is 14.8 Å². The zero-order valence-corrected chi connectivity index (χ0v) is 22.4. The van der Waals surface area contributed by atoms with Gasteiger partial charge in [-0.05, 0) is 50.2 Å². The van der Waals surface area contributed by atoms with E-state index in [1.54, 1.807) is 25.2 Å². The summed E-state index contributed by atoms with van der Waals surface area (Å²) in [6.07, 6.45) is 3.32. The topological polar surface area (TPSA) is 129 Å². The summed E-state index contributed by atoms with van der Waals surface area (Å²) in [6.45, 7) is 5.75. The average Bonchev–Trinajstić information content (AvgIpc) is 3.47. The number of carbonyl (C=O) groups excluding carboxylic acids is 3. The highest BCUT2D eigenvalue weighted by Gasteiger charge is 2.27. The summed E-state index contributed by atoms with van der Waals surface area (Å²) >= 11 is 4.00. The first-order valence-electron chi connectivity index (χ1n) is 11.2. The zero-order valence-electron chi connectivity index (χ0n) is 20.0. The molecule has 0 fully saturated rings. The Morgan fingerprint density at radius 1 is 1.34 bits per heavy atom. The van der Waals surface area contributed by atoms with Crippen molar-refractivity contribution < 1.29 is 19.1 Å². The van der Waals surface area contributed by atoms with Crippen LogP contribution in [0.5, 0.6) is 0 Å². The van der Waals surface area contributed by atoms with Gasteiger partial charge in [0.05, 0.1) is 22.8 Å². The number of anilines is 1. The number of nitrogens with zero attached hydrogens (tertiary/aromatic N) is 3. The number of aromatic nitrogens is 3. The van der Waals surface area contributed by atoms with Crippen LogP contribution in [0, 0.1) is 12.8 Å². The minimum absolute atomic E-state index is 0.0519. The molecule has 35 heavy (non-hydrogen) atoms. The first-order chi connectivity index (χ1) is 16.7. The number of esters is 1. The van der Waals surface area contributed by atoms with Crippen LogP contribution in [0.1, 0.15) is 56.3 Å². The Labute approximate surface area is 215 Å². The standard InChI is InChI=1S/C23H27N5O4S3/c1-5-32-22(31)17-12(3)18(19(24)30)35-21(17)25-16(29)10-34-23-27-26-20(28(23)4)14-9-33-15-8-11(2)6-7-13(14)15/h9,11H,5-8,10H2,1-4H3,(H2,24,30)(H,25,29). The van der Waals surface area contributed by atoms with Crippen molar-refractivity contribution in [3.05, 3.63) is 31.8 Å². The molecule has 1 atom stereocenters. The van der Waals surface area contributed by atoms with E-state index in [-0.39, 0.29) is 33.7 Å². The number of amides is 2. The van der Waals surface area contributed by atoms with Gasteiger partial charge in [0, 0.05) is 22.9 Å². The Morgan fingerprint density at radius 3 is 2.83 bits per heavy atom. The van der Waals surface area contributed by atoms with Gasteiger partial charge in [0.2, 0.25) is 5.91 Å². The van der Waals surface area contributed by atoms with Gasteiger partial charge in [-0.1, -0.05) is 18.7 Å². The fourth-order valence-corrected chi connectivity index (χ4v) is 7.14. The molecule has 3 N–H and O–H groups in total. The molecule has 1 aliphatic carbocycles. The number of hydrogen-bond donors (Lipinski definition) is 2. The number of ether oxygens (including phenoxy) is 1. The molecular formula is C23H27N5O4S3. The van der Waals surface area contributed by atoms with Gasteiger partial charge in [-0.15, -0.1) is 32.9 Å². The van der Waals surface area contributed by atoms with E-state index in [1.807, 2.05) is 11.6 Å². The van der Waals surface area contributed by atoms with Crippen molar-refractivity contribution in [2.75, 3.05) is 17.7 Å². The van der Waals surface area contributed by atoms with E-state index in [0.29, 0.717) is 16.6 Å². The summed E-state index contributed by atoms with van der Waals surface area (Å²) in [5.41, 5.74) is 8.47. The van der Waals surface area contributed by atoms with Gasteiger partial charge in [-0.3, -0.25) is 9.59 Å². The Morgan fingerprint density at radius 2 is 2.11 bits per heavy atom. The quantitative estimate of drug-likeness (QED) is 0.330. The number of rotatable bonds is 8. The lowest BCUT2D eigenvalue weighted by Gasteiger charge is -2.18. The highest BCUT2D eigenvalue weighted by atomic mass is 32.2. The molecule has 0 aliphatic heterocycles. The van der Waals surface area contributed by atoms with Crippen LogP contribution < -0.4 is 11.1 Å². The van der Waals surface area contributed by atoms with E-state index in [0.717, 1.165) is 35.6 Å². The molecule has 0 spiro atoms. The molecule has 3 heterocycles. The molecule has 3 aromatic rings. The van der Waals surface area contributed by atoms with Gasteiger partial charge >= 0.3 is 5.97 Å². The summed E-state index contributed by atoms with van der Waals surface area (Å²) in [5, 5.41) is 14.4. The van der Waals surface area contributed by atoms with E-state index in [2.05, 4.69) is 27.8 Å². The second-order valence-corrected chi connectivity index (χ2v) is 11.4. The Balaban J connectivity index is 1.47. The van der Waals surface area contributed by atoms with Gasteiger partial charge in [0.25, 0.3) is 5.91 Å². The third-order valence-electron chi connectivity index (χ3n) is 5.91. The molecular weight excluding hydrogens is 506 g/mol. The fourth-order valence-electron chi connectivity index (χ4n) is 4.12. The zero-order chi connectivity index (χ0) is 25.3. The molecule has 9 nitrogen and oxygen atoms in total. The Hall–Kier alpha value is -2.70. The van der Waals surface area contributed by atoms with Gasteiger partial charge in [0.1, 0.15) is 5.00 Å². The smallest absolute Gasteiger partial charge is 0.341 e. The van der Waals surface area contributed by atoms with Crippen LogP contribution in [-0.2, 0) is 29.4 Å². The number of nitrogens with one attached hydrogen (secondary N) is 1. The maximum atomic E-state index is 12.7. The lowest BCUT2D eigenvalue weighted by molar-refractivity contribution is -0.113.